The average molecular weight is 321 g/mol. The minimum atomic E-state index is -0.428. The van der Waals surface area contributed by atoms with Gasteiger partial charge in [-0.25, -0.2) is 0 Å². The monoisotopic (exact) mass is 321 g/mol. The fraction of sp³-hybridized carbons (Fsp3) is 0.400. The van der Waals surface area contributed by atoms with Crippen LogP contribution in [0.2, 0.25) is 0 Å². The summed E-state index contributed by atoms with van der Waals surface area (Å²) < 4.78 is 20.7. The van der Waals surface area contributed by atoms with E-state index in [1.165, 1.54) is 21.3 Å². The lowest BCUT2D eigenvalue weighted by Gasteiger charge is -2.15. The summed E-state index contributed by atoms with van der Waals surface area (Å²) in [5.74, 6) is 1.74. The lowest BCUT2D eigenvalue weighted by molar-refractivity contribution is 0.0931. The Balaban J connectivity index is 2.25. The first kappa shape index (κ1) is 16.6. The molecule has 23 heavy (non-hydrogen) atoms. The zero-order valence-electron chi connectivity index (χ0n) is 13.7. The van der Waals surface area contributed by atoms with E-state index in [9.17, 15) is 4.79 Å². The number of aromatic nitrogens is 2. The summed E-state index contributed by atoms with van der Waals surface area (Å²) in [6, 6.07) is 2.72. The smallest absolute Gasteiger partial charge is 0.252 e. The molecule has 0 aliphatic carbocycles. The van der Waals surface area contributed by atoms with Gasteiger partial charge in [0.15, 0.2) is 17.3 Å². The Labute approximate surface area is 133 Å². The van der Waals surface area contributed by atoms with Gasteiger partial charge in [-0.05, 0) is 26.0 Å². The molecule has 0 aliphatic heterocycles. The lowest BCUT2D eigenvalue weighted by atomic mass is 10.1. The number of carbonyl (C=O) groups excluding carboxylic acids is 1. The van der Waals surface area contributed by atoms with Crippen molar-refractivity contribution in [3.8, 4) is 17.2 Å². The minimum Gasteiger partial charge on any atom is -0.493 e. The van der Waals surface area contributed by atoms with Gasteiger partial charge in [0.25, 0.3) is 5.91 Å². The number of hydrogen-bond donors (Lipinski definition) is 1. The maximum Gasteiger partial charge on any atom is 0.252 e. The first-order valence-corrected chi connectivity index (χ1v) is 6.91. The molecule has 0 fully saturated rings. The van der Waals surface area contributed by atoms with Crippen molar-refractivity contribution in [3.05, 3.63) is 29.4 Å². The van der Waals surface area contributed by atoms with Crippen LogP contribution in [0.3, 0.4) is 0 Å². The molecule has 2 rings (SSSR count). The Morgan fingerprint density at radius 3 is 2.22 bits per heavy atom. The largest absolute Gasteiger partial charge is 0.493 e. The highest BCUT2D eigenvalue weighted by Gasteiger charge is 2.20. The second kappa shape index (κ2) is 6.99. The van der Waals surface area contributed by atoms with Crippen LogP contribution < -0.4 is 19.5 Å². The predicted molar refractivity (Wildman–Crippen MR) is 81.0 cm³/mol. The normalized spacial score (nSPS) is 11.7. The molecule has 1 N–H and O–H groups in total. The van der Waals surface area contributed by atoms with Gasteiger partial charge in [0.1, 0.15) is 6.04 Å². The summed E-state index contributed by atoms with van der Waals surface area (Å²) in [6.45, 7) is 3.46. The number of ether oxygens (including phenoxy) is 3. The molecule has 8 heteroatoms. The van der Waals surface area contributed by atoms with Crippen molar-refractivity contribution in [1.82, 2.24) is 15.5 Å². The molecule has 0 aliphatic rings. The summed E-state index contributed by atoms with van der Waals surface area (Å²) in [5.41, 5.74) is 0.364. The molecule has 0 radical (unpaired) electrons. The number of carbonyl (C=O) groups is 1. The third-order valence-electron chi connectivity index (χ3n) is 3.19. The van der Waals surface area contributed by atoms with Crippen LogP contribution in [0.1, 0.15) is 35.0 Å². The van der Waals surface area contributed by atoms with Crippen molar-refractivity contribution in [2.24, 2.45) is 0 Å². The van der Waals surface area contributed by atoms with Gasteiger partial charge >= 0.3 is 0 Å². The molecule has 0 bridgehead atoms. The topological polar surface area (TPSA) is 95.7 Å². The van der Waals surface area contributed by atoms with Crippen LogP contribution in [0, 0.1) is 6.92 Å². The maximum atomic E-state index is 12.4. The Kier molecular flexibility index (Phi) is 5.05. The van der Waals surface area contributed by atoms with Crippen LogP contribution in [0.15, 0.2) is 16.7 Å². The minimum absolute atomic E-state index is 0.326. The first-order valence-electron chi connectivity index (χ1n) is 6.91. The highest BCUT2D eigenvalue weighted by molar-refractivity contribution is 5.95. The van der Waals surface area contributed by atoms with Gasteiger partial charge in [0, 0.05) is 5.56 Å². The van der Waals surface area contributed by atoms with Crippen molar-refractivity contribution in [2.75, 3.05) is 21.3 Å². The van der Waals surface area contributed by atoms with Gasteiger partial charge < -0.3 is 24.1 Å². The molecule has 2 aromatic rings. The van der Waals surface area contributed by atoms with Gasteiger partial charge in [-0.1, -0.05) is 5.16 Å². The lowest BCUT2D eigenvalue weighted by Crippen LogP contribution is -2.27. The molecule has 8 nitrogen and oxygen atoms in total. The van der Waals surface area contributed by atoms with E-state index < -0.39 is 6.04 Å². The number of nitrogens with zero attached hydrogens (tertiary/aromatic N) is 2. The molecule has 1 heterocycles. The van der Waals surface area contributed by atoms with Crippen molar-refractivity contribution >= 4 is 5.91 Å². The molecule has 1 amide bonds. The molecule has 124 valence electrons. The van der Waals surface area contributed by atoms with Crippen molar-refractivity contribution < 1.29 is 23.5 Å². The quantitative estimate of drug-likeness (QED) is 0.868. The highest BCUT2D eigenvalue weighted by Crippen LogP contribution is 2.38. The van der Waals surface area contributed by atoms with Gasteiger partial charge in [-0.3, -0.25) is 4.79 Å². The summed E-state index contributed by atoms with van der Waals surface area (Å²) in [5, 5.41) is 6.48. The number of hydrogen-bond acceptors (Lipinski definition) is 7. The van der Waals surface area contributed by atoms with E-state index in [2.05, 4.69) is 15.5 Å². The molecule has 1 atom stereocenters. The third-order valence-corrected chi connectivity index (χ3v) is 3.19. The number of benzene rings is 1. The molecular formula is C15H19N3O5. The van der Waals surface area contributed by atoms with Crippen molar-refractivity contribution in [2.45, 2.75) is 19.9 Å². The third kappa shape index (κ3) is 3.53. The number of amides is 1. The molecule has 0 saturated heterocycles. The number of methoxy groups -OCH3 is 3. The van der Waals surface area contributed by atoms with Crippen LogP contribution in [0.5, 0.6) is 17.2 Å². The molecule has 0 saturated carbocycles. The maximum absolute atomic E-state index is 12.4. The van der Waals surface area contributed by atoms with E-state index in [0.29, 0.717) is 34.5 Å². The zero-order valence-corrected chi connectivity index (χ0v) is 13.7. The molecule has 1 aromatic carbocycles. The second-order valence-corrected chi connectivity index (χ2v) is 4.79. The average Bonchev–Trinajstić information content (AvgIpc) is 2.99. The van der Waals surface area contributed by atoms with Gasteiger partial charge in [0.05, 0.1) is 21.3 Å². The Morgan fingerprint density at radius 2 is 1.78 bits per heavy atom. The molecular weight excluding hydrogens is 302 g/mol. The van der Waals surface area contributed by atoms with E-state index in [0.717, 1.165) is 0 Å². The first-order chi connectivity index (χ1) is 11.0. The van der Waals surface area contributed by atoms with E-state index >= 15 is 0 Å². The fourth-order valence-electron chi connectivity index (χ4n) is 2.04. The van der Waals surface area contributed by atoms with Gasteiger partial charge in [0.2, 0.25) is 11.6 Å². The van der Waals surface area contributed by atoms with E-state index in [1.807, 2.05) is 0 Å². The van der Waals surface area contributed by atoms with Crippen LogP contribution in [0.4, 0.5) is 0 Å². The standard InChI is InChI=1S/C15H19N3O5/c1-8(15-17-9(2)18-23-15)16-14(19)10-6-11(20-3)13(22-5)12(7-10)21-4/h6-8H,1-5H3,(H,16,19)/t8-/m0/s1. The van der Waals surface area contributed by atoms with E-state index in [4.69, 9.17) is 18.7 Å². The van der Waals surface area contributed by atoms with Gasteiger partial charge in [-0.15, -0.1) is 0 Å². The summed E-state index contributed by atoms with van der Waals surface area (Å²) in [7, 11) is 4.48. The summed E-state index contributed by atoms with van der Waals surface area (Å²) in [6.07, 6.45) is 0. The molecule has 0 spiro atoms. The van der Waals surface area contributed by atoms with Crippen LogP contribution >= 0.6 is 0 Å². The molecule has 0 unspecified atom stereocenters. The van der Waals surface area contributed by atoms with E-state index in [1.54, 1.807) is 26.0 Å². The predicted octanol–water partition coefficient (Wildman–Crippen LogP) is 1.89. The number of rotatable bonds is 6. The van der Waals surface area contributed by atoms with E-state index in [-0.39, 0.29) is 5.91 Å². The SMILES string of the molecule is COc1cc(C(=O)N[C@@H](C)c2nc(C)no2)cc(OC)c1OC. The van der Waals surface area contributed by atoms with Crippen molar-refractivity contribution in [1.29, 1.82) is 0 Å². The number of aryl methyl sites for hydroxylation is 1. The molecule has 1 aromatic heterocycles. The number of nitrogens with one attached hydrogen (secondary N) is 1. The summed E-state index contributed by atoms with van der Waals surface area (Å²) in [4.78, 5) is 16.5. The Bertz CT molecular complexity index is 673. The Hall–Kier alpha value is -2.77. The Morgan fingerprint density at radius 1 is 1.17 bits per heavy atom. The van der Waals surface area contributed by atoms with Crippen LogP contribution in [-0.4, -0.2) is 37.4 Å². The van der Waals surface area contributed by atoms with Crippen molar-refractivity contribution in [3.63, 3.8) is 0 Å². The van der Waals surface area contributed by atoms with Gasteiger partial charge in [-0.2, -0.15) is 4.98 Å². The summed E-state index contributed by atoms with van der Waals surface area (Å²) >= 11 is 0. The van der Waals surface area contributed by atoms with Crippen LogP contribution in [-0.2, 0) is 0 Å². The second-order valence-electron chi connectivity index (χ2n) is 4.79. The fourth-order valence-corrected chi connectivity index (χ4v) is 2.04. The van der Waals surface area contributed by atoms with Crippen LogP contribution in [0.25, 0.3) is 0 Å². The highest BCUT2D eigenvalue weighted by atomic mass is 16.5. The zero-order chi connectivity index (χ0) is 17.0.